The summed E-state index contributed by atoms with van der Waals surface area (Å²) < 4.78 is 0. The summed E-state index contributed by atoms with van der Waals surface area (Å²) in [4.78, 5) is 20.3. The van der Waals surface area contributed by atoms with E-state index in [2.05, 4.69) is 5.84 Å². The van der Waals surface area contributed by atoms with Gasteiger partial charge < -0.3 is 0 Å². The second-order valence-corrected chi connectivity index (χ2v) is 1.45. The molecular weight excluding hydrogens is 108 g/mol. The third-order valence-electron chi connectivity index (χ3n) is 0.570. The Morgan fingerprint density at radius 3 is 2.25 bits per heavy atom. The first-order valence-corrected chi connectivity index (χ1v) is 2.15. The highest BCUT2D eigenvalue weighted by atomic mass is 16.2. The smallest absolute Gasteiger partial charge is 0.241 e. The third-order valence-corrected chi connectivity index (χ3v) is 0.570. The summed E-state index contributed by atoms with van der Waals surface area (Å²) in [6.07, 6.45) is -0.128. The number of hydrogen-bond donors (Lipinski definition) is 2. The van der Waals surface area contributed by atoms with Gasteiger partial charge in [0.1, 0.15) is 5.78 Å². The molecule has 0 spiro atoms. The molecule has 0 atom stereocenters. The maximum Gasteiger partial charge on any atom is 0.241 e. The summed E-state index contributed by atoms with van der Waals surface area (Å²) in [6, 6.07) is 0. The molecule has 0 aromatic carbocycles. The summed E-state index contributed by atoms with van der Waals surface area (Å²) in [6.45, 7) is 1.33. The molecule has 0 aliphatic carbocycles. The highest BCUT2D eigenvalue weighted by Gasteiger charge is 1.99. The Labute approximate surface area is 47.0 Å². The summed E-state index contributed by atoms with van der Waals surface area (Å²) in [5.74, 6) is 4.03. The molecule has 0 fully saturated rings. The van der Waals surface area contributed by atoms with Crippen LogP contribution in [0, 0.1) is 0 Å². The van der Waals surface area contributed by atoms with E-state index in [-0.39, 0.29) is 12.2 Å². The first-order chi connectivity index (χ1) is 3.66. The van der Waals surface area contributed by atoms with Crippen LogP contribution in [0.3, 0.4) is 0 Å². The number of carbonyl (C=O) groups is 2. The van der Waals surface area contributed by atoms with Crippen molar-refractivity contribution in [2.24, 2.45) is 5.84 Å². The van der Waals surface area contributed by atoms with Gasteiger partial charge in [0.2, 0.25) is 5.91 Å². The Morgan fingerprint density at radius 2 is 2.12 bits per heavy atom. The maximum atomic E-state index is 10.2. The van der Waals surface area contributed by atoms with Gasteiger partial charge in [-0.3, -0.25) is 15.0 Å². The molecule has 0 radical (unpaired) electrons. The van der Waals surface area contributed by atoms with Crippen LogP contribution in [0.2, 0.25) is 0 Å². The van der Waals surface area contributed by atoms with E-state index in [4.69, 9.17) is 0 Å². The van der Waals surface area contributed by atoms with Crippen molar-refractivity contribution in [1.29, 1.82) is 0 Å². The molecule has 1 amide bonds. The van der Waals surface area contributed by atoms with Crippen LogP contribution in [0.1, 0.15) is 13.3 Å². The zero-order valence-corrected chi connectivity index (χ0v) is 4.60. The van der Waals surface area contributed by atoms with Gasteiger partial charge in [0.05, 0.1) is 6.42 Å². The van der Waals surface area contributed by atoms with Crippen LogP contribution in [0.5, 0.6) is 0 Å². The highest BCUT2D eigenvalue weighted by Crippen LogP contribution is 1.77. The molecule has 46 valence electrons. The van der Waals surface area contributed by atoms with E-state index in [0.29, 0.717) is 0 Å². The Morgan fingerprint density at radius 1 is 1.62 bits per heavy atom. The molecule has 4 heteroatoms. The SMILES string of the molecule is CC(=O)CC(=O)NN. The second kappa shape index (κ2) is 3.15. The van der Waals surface area contributed by atoms with E-state index < -0.39 is 5.91 Å². The van der Waals surface area contributed by atoms with Crippen molar-refractivity contribution in [1.82, 2.24) is 5.43 Å². The number of nitrogens with two attached hydrogens (primary N) is 1. The topological polar surface area (TPSA) is 72.2 Å². The van der Waals surface area contributed by atoms with Gasteiger partial charge in [-0.2, -0.15) is 0 Å². The van der Waals surface area contributed by atoms with Crippen LogP contribution in [0.4, 0.5) is 0 Å². The lowest BCUT2D eigenvalue weighted by Gasteiger charge is -1.91. The number of rotatable bonds is 2. The van der Waals surface area contributed by atoms with E-state index in [1.165, 1.54) is 6.92 Å². The van der Waals surface area contributed by atoms with E-state index >= 15 is 0 Å². The molecule has 0 aliphatic heterocycles. The minimum absolute atomic E-state index is 0.128. The monoisotopic (exact) mass is 116 g/mol. The van der Waals surface area contributed by atoms with Crippen LogP contribution in [-0.2, 0) is 9.59 Å². The standard InChI is InChI=1S/C4H8N2O2/c1-3(7)2-4(8)6-5/h2,5H2,1H3,(H,6,8). The van der Waals surface area contributed by atoms with Crippen molar-refractivity contribution >= 4 is 11.7 Å². The molecular formula is C4H8N2O2. The normalized spacial score (nSPS) is 8.25. The number of carbonyl (C=O) groups excluding carboxylic acids is 2. The fraction of sp³-hybridized carbons (Fsp3) is 0.500. The minimum Gasteiger partial charge on any atom is -0.299 e. The van der Waals surface area contributed by atoms with Crippen molar-refractivity contribution in [3.05, 3.63) is 0 Å². The lowest BCUT2D eigenvalue weighted by Crippen LogP contribution is -2.31. The number of hydrogen-bond acceptors (Lipinski definition) is 3. The molecule has 8 heavy (non-hydrogen) atoms. The Kier molecular flexibility index (Phi) is 2.79. The van der Waals surface area contributed by atoms with Crippen LogP contribution >= 0.6 is 0 Å². The molecule has 0 rings (SSSR count). The molecule has 0 saturated carbocycles. The molecule has 0 heterocycles. The van der Waals surface area contributed by atoms with Crippen molar-refractivity contribution in [2.75, 3.05) is 0 Å². The molecule has 0 unspecified atom stereocenters. The van der Waals surface area contributed by atoms with Crippen molar-refractivity contribution in [3.8, 4) is 0 Å². The van der Waals surface area contributed by atoms with E-state index in [9.17, 15) is 9.59 Å². The molecule has 3 N–H and O–H groups in total. The fourth-order valence-electron chi connectivity index (χ4n) is 0.277. The molecule has 0 aromatic heterocycles. The van der Waals surface area contributed by atoms with E-state index in [1.54, 1.807) is 0 Å². The van der Waals surface area contributed by atoms with E-state index in [0.717, 1.165) is 0 Å². The Hall–Kier alpha value is -0.900. The lowest BCUT2D eigenvalue weighted by molar-refractivity contribution is -0.127. The number of Topliss-reactive ketones (excluding diaryl/α,β-unsaturated/α-hetero) is 1. The van der Waals surface area contributed by atoms with Gasteiger partial charge in [-0.25, -0.2) is 5.84 Å². The first kappa shape index (κ1) is 7.10. The van der Waals surface area contributed by atoms with Gasteiger partial charge in [-0.1, -0.05) is 0 Å². The van der Waals surface area contributed by atoms with Gasteiger partial charge in [0, 0.05) is 0 Å². The van der Waals surface area contributed by atoms with Gasteiger partial charge in [-0.05, 0) is 6.92 Å². The number of nitrogens with one attached hydrogen (secondary N) is 1. The summed E-state index contributed by atoms with van der Waals surface area (Å²) >= 11 is 0. The molecule has 0 saturated heterocycles. The zero-order chi connectivity index (χ0) is 6.57. The molecule has 0 bridgehead atoms. The van der Waals surface area contributed by atoms with E-state index in [1.807, 2.05) is 5.43 Å². The van der Waals surface area contributed by atoms with Crippen LogP contribution in [0.25, 0.3) is 0 Å². The van der Waals surface area contributed by atoms with Gasteiger partial charge >= 0.3 is 0 Å². The largest absolute Gasteiger partial charge is 0.299 e. The van der Waals surface area contributed by atoms with Crippen LogP contribution in [-0.4, -0.2) is 11.7 Å². The van der Waals surface area contributed by atoms with Crippen molar-refractivity contribution in [2.45, 2.75) is 13.3 Å². The van der Waals surface area contributed by atoms with Crippen molar-refractivity contribution < 1.29 is 9.59 Å². The predicted molar refractivity (Wildman–Crippen MR) is 27.6 cm³/mol. The fourth-order valence-corrected chi connectivity index (χ4v) is 0.277. The molecule has 0 aliphatic rings. The lowest BCUT2D eigenvalue weighted by atomic mass is 10.3. The highest BCUT2D eigenvalue weighted by molar-refractivity contribution is 5.96. The summed E-state index contributed by atoms with van der Waals surface area (Å²) in [5, 5.41) is 0. The van der Waals surface area contributed by atoms with Crippen LogP contribution < -0.4 is 11.3 Å². The third kappa shape index (κ3) is 3.30. The van der Waals surface area contributed by atoms with Gasteiger partial charge in [-0.15, -0.1) is 0 Å². The number of hydrazine groups is 1. The van der Waals surface area contributed by atoms with Crippen molar-refractivity contribution in [3.63, 3.8) is 0 Å². The first-order valence-electron chi connectivity index (χ1n) is 2.15. The Balaban J connectivity index is 3.40. The van der Waals surface area contributed by atoms with Gasteiger partial charge in [0.15, 0.2) is 0 Å². The van der Waals surface area contributed by atoms with Crippen LogP contribution in [0.15, 0.2) is 0 Å². The average Bonchev–Trinajstić information content (AvgIpc) is 1.65. The average molecular weight is 116 g/mol. The predicted octanol–water partition coefficient (Wildman–Crippen LogP) is -1.04. The number of ketones is 1. The zero-order valence-electron chi connectivity index (χ0n) is 4.60. The minimum atomic E-state index is -0.447. The maximum absolute atomic E-state index is 10.2. The summed E-state index contributed by atoms with van der Waals surface area (Å²) in [7, 11) is 0. The Bertz CT molecular complexity index is 111. The molecule has 4 nitrogen and oxygen atoms in total. The summed E-state index contributed by atoms with van der Waals surface area (Å²) in [5.41, 5.74) is 1.84. The molecule has 0 aromatic rings. The number of amides is 1. The second-order valence-electron chi connectivity index (χ2n) is 1.45. The van der Waals surface area contributed by atoms with Gasteiger partial charge in [0.25, 0.3) is 0 Å². The quantitative estimate of drug-likeness (QED) is 0.209.